The quantitative estimate of drug-likeness (QED) is 0.513. The Morgan fingerprint density at radius 1 is 1.38 bits per heavy atom. The van der Waals surface area contributed by atoms with E-state index >= 15 is 0 Å². The van der Waals surface area contributed by atoms with Crippen LogP contribution in [0.1, 0.15) is 39.0 Å². The summed E-state index contributed by atoms with van der Waals surface area (Å²) in [6, 6.07) is 8.86. The van der Waals surface area contributed by atoms with Gasteiger partial charge in [-0.15, -0.1) is 11.8 Å². The van der Waals surface area contributed by atoms with Crippen LogP contribution in [0.5, 0.6) is 5.75 Å². The molecule has 2 N–H and O–H groups in total. The smallest absolute Gasteiger partial charge is 0.119 e. The molecular formula is C17H27NO2S. The van der Waals surface area contributed by atoms with E-state index < -0.39 is 0 Å². The molecule has 4 heteroatoms. The maximum absolute atomic E-state index is 9.57. The summed E-state index contributed by atoms with van der Waals surface area (Å²) in [5.41, 5.74) is -0.0954. The number of nitrogens with one attached hydrogen (secondary N) is 1. The van der Waals surface area contributed by atoms with Crippen molar-refractivity contribution >= 4 is 11.8 Å². The lowest BCUT2D eigenvalue weighted by Crippen LogP contribution is -2.46. The molecule has 0 aromatic heterocycles. The molecule has 0 bridgehead atoms. The Morgan fingerprint density at radius 2 is 2.19 bits per heavy atom. The first-order valence-corrected chi connectivity index (χ1v) is 8.79. The lowest BCUT2D eigenvalue weighted by molar-refractivity contribution is 0.161. The van der Waals surface area contributed by atoms with Gasteiger partial charge in [0.2, 0.25) is 0 Å². The molecule has 21 heavy (non-hydrogen) atoms. The molecule has 1 saturated carbocycles. The van der Waals surface area contributed by atoms with Crippen molar-refractivity contribution in [2.45, 2.75) is 55.5 Å². The topological polar surface area (TPSA) is 41.5 Å². The van der Waals surface area contributed by atoms with Gasteiger partial charge in [0.25, 0.3) is 0 Å². The van der Waals surface area contributed by atoms with Gasteiger partial charge in [-0.25, -0.2) is 0 Å². The lowest BCUT2D eigenvalue weighted by atomic mass is 9.96. The minimum Gasteiger partial charge on any atom is -0.497 e. The van der Waals surface area contributed by atoms with E-state index in [1.165, 1.54) is 24.2 Å². The van der Waals surface area contributed by atoms with E-state index in [4.69, 9.17) is 4.74 Å². The number of hydrogen-bond donors (Lipinski definition) is 2. The Labute approximate surface area is 132 Å². The molecule has 2 rings (SSSR count). The SMILES string of the molecule is COc1cccc(SCCCCC(C)(CO)NC2CC2)c1. The summed E-state index contributed by atoms with van der Waals surface area (Å²) in [5.74, 6) is 2.03. The number of ether oxygens (including phenoxy) is 1. The Bertz CT molecular complexity index is 437. The van der Waals surface area contributed by atoms with E-state index in [1.54, 1.807) is 7.11 Å². The van der Waals surface area contributed by atoms with Gasteiger partial charge in [0.05, 0.1) is 13.7 Å². The molecule has 1 aliphatic rings. The van der Waals surface area contributed by atoms with Crippen LogP contribution in [0.15, 0.2) is 29.2 Å². The van der Waals surface area contributed by atoms with Crippen molar-refractivity contribution in [3.05, 3.63) is 24.3 Å². The summed E-state index contributed by atoms with van der Waals surface area (Å²) >= 11 is 1.87. The van der Waals surface area contributed by atoms with Crippen LogP contribution in [0, 0.1) is 0 Å². The summed E-state index contributed by atoms with van der Waals surface area (Å²) in [4.78, 5) is 1.26. The zero-order valence-corrected chi connectivity index (χ0v) is 13.9. The monoisotopic (exact) mass is 309 g/mol. The molecule has 118 valence electrons. The van der Waals surface area contributed by atoms with Gasteiger partial charge in [0.1, 0.15) is 5.75 Å². The van der Waals surface area contributed by atoms with Crippen molar-refractivity contribution in [2.24, 2.45) is 0 Å². The Hall–Kier alpha value is -0.710. The number of aliphatic hydroxyl groups is 1. The molecule has 0 heterocycles. The Balaban J connectivity index is 1.64. The number of unbranched alkanes of at least 4 members (excludes halogenated alkanes) is 1. The second-order valence-corrected chi connectivity index (χ2v) is 7.29. The lowest BCUT2D eigenvalue weighted by Gasteiger charge is -2.29. The summed E-state index contributed by atoms with van der Waals surface area (Å²) < 4.78 is 5.24. The van der Waals surface area contributed by atoms with Crippen molar-refractivity contribution in [1.82, 2.24) is 5.32 Å². The van der Waals surface area contributed by atoms with Gasteiger partial charge in [0, 0.05) is 16.5 Å². The van der Waals surface area contributed by atoms with Crippen LogP contribution >= 0.6 is 11.8 Å². The average Bonchev–Trinajstić information content (AvgIpc) is 3.31. The zero-order chi connectivity index (χ0) is 15.1. The van der Waals surface area contributed by atoms with Gasteiger partial charge >= 0.3 is 0 Å². The molecule has 1 fully saturated rings. The van der Waals surface area contributed by atoms with Crippen LogP contribution < -0.4 is 10.1 Å². The van der Waals surface area contributed by atoms with Crippen molar-refractivity contribution in [3.63, 3.8) is 0 Å². The first-order valence-electron chi connectivity index (χ1n) is 7.81. The van der Waals surface area contributed by atoms with Gasteiger partial charge in [-0.2, -0.15) is 0 Å². The molecule has 0 radical (unpaired) electrons. The fraction of sp³-hybridized carbons (Fsp3) is 0.647. The number of methoxy groups -OCH3 is 1. The molecular weight excluding hydrogens is 282 g/mol. The fourth-order valence-electron chi connectivity index (χ4n) is 2.42. The number of hydrogen-bond acceptors (Lipinski definition) is 4. The standard InChI is InChI=1S/C17H27NO2S/c1-17(13-19,18-14-8-9-14)10-3-4-11-21-16-7-5-6-15(12-16)20-2/h5-7,12,14,18-19H,3-4,8-11,13H2,1-2H3. The molecule has 1 atom stereocenters. The first-order chi connectivity index (χ1) is 10.1. The summed E-state index contributed by atoms with van der Waals surface area (Å²) in [7, 11) is 1.70. The number of aliphatic hydroxyl groups excluding tert-OH is 1. The zero-order valence-electron chi connectivity index (χ0n) is 13.1. The highest BCUT2D eigenvalue weighted by Crippen LogP contribution is 2.27. The summed E-state index contributed by atoms with van der Waals surface area (Å²) in [6.07, 6.45) is 5.89. The molecule has 0 amide bonds. The highest BCUT2D eigenvalue weighted by molar-refractivity contribution is 7.99. The fourth-order valence-corrected chi connectivity index (χ4v) is 3.37. The van der Waals surface area contributed by atoms with Crippen LogP contribution in [-0.4, -0.2) is 36.2 Å². The van der Waals surface area contributed by atoms with E-state index in [-0.39, 0.29) is 12.1 Å². The normalized spacial score (nSPS) is 17.5. The largest absolute Gasteiger partial charge is 0.497 e. The van der Waals surface area contributed by atoms with Crippen LogP contribution in [0.25, 0.3) is 0 Å². The molecule has 1 aromatic carbocycles. The predicted octanol–water partition coefficient (Wildman–Crippen LogP) is 3.46. The number of rotatable bonds is 10. The molecule has 0 aliphatic heterocycles. The third kappa shape index (κ3) is 5.89. The second-order valence-electron chi connectivity index (χ2n) is 6.12. The average molecular weight is 309 g/mol. The van der Waals surface area contributed by atoms with Gasteiger partial charge in [-0.3, -0.25) is 0 Å². The highest BCUT2D eigenvalue weighted by atomic mass is 32.2. The third-order valence-electron chi connectivity index (χ3n) is 3.91. The van der Waals surface area contributed by atoms with Crippen molar-refractivity contribution in [1.29, 1.82) is 0 Å². The second kappa shape index (κ2) is 8.06. The molecule has 0 saturated heterocycles. The van der Waals surface area contributed by atoms with E-state index in [1.807, 2.05) is 23.9 Å². The maximum Gasteiger partial charge on any atom is 0.119 e. The van der Waals surface area contributed by atoms with Crippen molar-refractivity contribution in [3.8, 4) is 5.75 Å². The van der Waals surface area contributed by atoms with Gasteiger partial charge in [-0.1, -0.05) is 12.5 Å². The molecule has 3 nitrogen and oxygen atoms in total. The van der Waals surface area contributed by atoms with Crippen LogP contribution in [0.2, 0.25) is 0 Å². The van der Waals surface area contributed by atoms with E-state index in [2.05, 4.69) is 24.4 Å². The van der Waals surface area contributed by atoms with Crippen LogP contribution in [0.3, 0.4) is 0 Å². The number of benzene rings is 1. The van der Waals surface area contributed by atoms with Gasteiger partial charge < -0.3 is 15.2 Å². The molecule has 0 spiro atoms. The minimum absolute atomic E-state index is 0.0954. The summed E-state index contributed by atoms with van der Waals surface area (Å²) in [6.45, 7) is 2.37. The van der Waals surface area contributed by atoms with Crippen LogP contribution in [0.4, 0.5) is 0 Å². The molecule has 1 aliphatic carbocycles. The Kier molecular flexibility index (Phi) is 6.40. The van der Waals surface area contributed by atoms with Gasteiger partial charge in [0.15, 0.2) is 0 Å². The van der Waals surface area contributed by atoms with Crippen LogP contribution in [-0.2, 0) is 0 Å². The highest BCUT2D eigenvalue weighted by Gasteiger charge is 2.31. The van der Waals surface area contributed by atoms with Gasteiger partial charge in [-0.05, 0) is 56.6 Å². The minimum atomic E-state index is -0.0954. The third-order valence-corrected chi connectivity index (χ3v) is 4.99. The van der Waals surface area contributed by atoms with Crippen molar-refractivity contribution in [2.75, 3.05) is 19.5 Å². The maximum atomic E-state index is 9.57. The first kappa shape index (κ1) is 16.7. The summed E-state index contributed by atoms with van der Waals surface area (Å²) in [5, 5.41) is 13.1. The van der Waals surface area contributed by atoms with Crippen molar-refractivity contribution < 1.29 is 9.84 Å². The predicted molar refractivity (Wildman–Crippen MR) is 89.2 cm³/mol. The number of thioether (sulfide) groups is 1. The Morgan fingerprint density at radius 3 is 2.86 bits per heavy atom. The van der Waals surface area contributed by atoms with E-state index in [0.29, 0.717) is 6.04 Å². The molecule has 1 aromatic rings. The van der Waals surface area contributed by atoms with E-state index in [9.17, 15) is 5.11 Å². The van der Waals surface area contributed by atoms with E-state index in [0.717, 1.165) is 24.3 Å². The molecule has 1 unspecified atom stereocenters.